The molecule has 0 aliphatic rings. The van der Waals surface area contributed by atoms with Crippen LogP contribution in [0.2, 0.25) is 0 Å². The summed E-state index contributed by atoms with van der Waals surface area (Å²) < 4.78 is 45.3. The maximum Gasteiger partial charge on any atom is 0.204 e. The monoisotopic (exact) mass is 513 g/mol. The minimum atomic E-state index is -3.97. The molecule has 0 unspecified atom stereocenters. The molecule has 0 aliphatic carbocycles. The third-order valence-corrected chi connectivity index (χ3v) is 7.77. The predicted molar refractivity (Wildman–Crippen MR) is 131 cm³/mol. The third-order valence-electron chi connectivity index (χ3n) is 5.72. The number of aryl methyl sites for hydroxylation is 2. The van der Waals surface area contributed by atoms with Crippen LogP contribution in [0.15, 0.2) is 47.1 Å². The van der Waals surface area contributed by atoms with E-state index in [4.69, 9.17) is 13.9 Å². The normalized spacial score (nSPS) is 13.4. The van der Waals surface area contributed by atoms with Gasteiger partial charge in [0.2, 0.25) is 5.82 Å². The molecule has 0 amide bonds. The van der Waals surface area contributed by atoms with Gasteiger partial charge in [0, 0.05) is 12.4 Å². The quantitative estimate of drug-likeness (QED) is 0.355. The van der Waals surface area contributed by atoms with Gasteiger partial charge in [-0.2, -0.15) is 0 Å². The second-order valence-corrected chi connectivity index (χ2v) is 10.6. The molecule has 4 rings (SSSR count). The molecule has 11 nitrogen and oxygen atoms in total. The van der Waals surface area contributed by atoms with Crippen molar-refractivity contribution >= 4 is 9.84 Å². The lowest BCUT2D eigenvalue weighted by Crippen LogP contribution is -2.29. The molecular weight excluding hydrogens is 486 g/mol. The molecule has 12 heteroatoms. The summed E-state index contributed by atoms with van der Waals surface area (Å²) in [5.41, 5.74) is 1.21. The highest BCUT2D eigenvalue weighted by Crippen LogP contribution is 2.37. The van der Waals surface area contributed by atoms with Crippen LogP contribution in [0.4, 0.5) is 0 Å². The summed E-state index contributed by atoms with van der Waals surface area (Å²) in [6, 6.07) is 8.67. The molecule has 2 atom stereocenters. The molecule has 0 fully saturated rings. The van der Waals surface area contributed by atoms with Crippen molar-refractivity contribution in [3.8, 4) is 28.8 Å². The van der Waals surface area contributed by atoms with Gasteiger partial charge in [0.1, 0.15) is 34.8 Å². The first kappa shape index (κ1) is 25.3. The van der Waals surface area contributed by atoms with Crippen LogP contribution in [0.25, 0.3) is 17.3 Å². The summed E-state index contributed by atoms with van der Waals surface area (Å²) in [6.07, 6.45) is 1.61. The van der Waals surface area contributed by atoms with Crippen LogP contribution in [0.1, 0.15) is 36.0 Å². The molecule has 4 aromatic rings. The zero-order chi connectivity index (χ0) is 26.0. The van der Waals surface area contributed by atoms with Gasteiger partial charge in [-0.15, -0.1) is 10.2 Å². The summed E-state index contributed by atoms with van der Waals surface area (Å²) >= 11 is 0. The zero-order valence-electron chi connectivity index (χ0n) is 20.5. The molecule has 0 saturated heterocycles. The Hall–Kier alpha value is -3.77. The van der Waals surface area contributed by atoms with Gasteiger partial charge in [-0.3, -0.25) is 4.57 Å². The van der Waals surface area contributed by atoms with Gasteiger partial charge in [-0.05, 0) is 50.6 Å². The Morgan fingerprint density at radius 3 is 2.22 bits per heavy atom. The van der Waals surface area contributed by atoms with E-state index < -0.39 is 26.9 Å². The minimum Gasteiger partial charge on any atom is -0.494 e. The second-order valence-electron chi connectivity index (χ2n) is 8.27. The lowest BCUT2D eigenvalue weighted by molar-refractivity contribution is 0.166. The Bertz CT molecular complexity index is 1440. The molecular formula is C24H27N5O6S. The number of aliphatic hydroxyl groups excluding tert-OH is 1. The van der Waals surface area contributed by atoms with E-state index in [1.54, 1.807) is 44.2 Å². The van der Waals surface area contributed by atoms with Gasteiger partial charge in [-0.25, -0.2) is 18.4 Å². The van der Waals surface area contributed by atoms with Gasteiger partial charge >= 0.3 is 0 Å². The van der Waals surface area contributed by atoms with Gasteiger partial charge < -0.3 is 19.0 Å². The first-order valence-corrected chi connectivity index (χ1v) is 12.8. The van der Waals surface area contributed by atoms with Crippen molar-refractivity contribution < 1.29 is 27.4 Å². The molecule has 0 bridgehead atoms. The predicted octanol–water partition coefficient (Wildman–Crippen LogP) is 2.99. The first-order valence-electron chi connectivity index (χ1n) is 11.1. The first-order chi connectivity index (χ1) is 17.2. The average molecular weight is 514 g/mol. The number of sulfone groups is 1. The summed E-state index contributed by atoms with van der Waals surface area (Å²) in [7, 11) is -0.978. The second kappa shape index (κ2) is 10.1. The summed E-state index contributed by atoms with van der Waals surface area (Å²) in [6.45, 7) is 4.99. The van der Waals surface area contributed by atoms with Crippen LogP contribution in [0.5, 0.6) is 11.5 Å². The number of ether oxygens (including phenoxy) is 2. The fraction of sp³-hybridized carbons (Fsp3) is 0.333. The highest BCUT2D eigenvalue weighted by Gasteiger charge is 2.34. The van der Waals surface area contributed by atoms with Gasteiger partial charge in [0.05, 0.1) is 19.5 Å². The molecule has 3 heterocycles. The average Bonchev–Trinajstić information content (AvgIpc) is 3.48. The molecule has 36 heavy (non-hydrogen) atoms. The van der Waals surface area contributed by atoms with Gasteiger partial charge in [0.25, 0.3) is 0 Å². The molecule has 0 spiro atoms. The van der Waals surface area contributed by atoms with Crippen molar-refractivity contribution in [3.05, 3.63) is 65.7 Å². The largest absolute Gasteiger partial charge is 0.494 e. The minimum absolute atomic E-state index is 0.0243. The topological polar surface area (TPSA) is 142 Å². The van der Waals surface area contributed by atoms with Crippen molar-refractivity contribution in [2.24, 2.45) is 0 Å². The third kappa shape index (κ3) is 4.82. The Labute approximate surface area is 208 Å². The van der Waals surface area contributed by atoms with Crippen LogP contribution in [-0.4, -0.2) is 57.7 Å². The number of methoxy groups -OCH3 is 2. The van der Waals surface area contributed by atoms with E-state index in [1.165, 1.54) is 38.1 Å². The molecule has 1 N–H and O–H groups in total. The van der Waals surface area contributed by atoms with Crippen molar-refractivity contribution in [1.29, 1.82) is 0 Å². The van der Waals surface area contributed by atoms with Crippen LogP contribution in [0.3, 0.4) is 0 Å². The Morgan fingerprint density at radius 1 is 1.03 bits per heavy atom. The molecule has 1 aromatic carbocycles. The summed E-state index contributed by atoms with van der Waals surface area (Å²) in [5, 5.41) is 17.9. The van der Waals surface area contributed by atoms with E-state index >= 15 is 0 Å². The number of furan rings is 1. The number of para-hydroxylation sites is 1. The zero-order valence-corrected chi connectivity index (χ0v) is 21.4. The standard InChI is InChI=1S/C24H27N5O6S/c1-14-11-25-23(26-12-14)22(30)16(3)36(31,32)13-20-27-28-24(19-10-9-15(2)35-19)29(20)21-17(33-4)7-6-8-18(21)34-5/h6-12,16,22,30H,13H2,1-5H3/t16-,22-/m1/s1. The Morgan fingerprint density at radius 2 is 1.67 bits per heavy atom. The highest BCUT2D eigenvalue weighted by molar-refractivity contribution is 7.91. The highest BCUT2D eigenvalue weighted by atomic mass is 32.2. The number of aliphatic hydroxyl groups is 1. The van der Waals surface area contributed by atoms with Crippen LogP contribution in [0, 0.1) is 13.8 Å². The van der Waals surface area contributed by atoms with Gasteiger partial charge in [-0.1, -0.05) is 6.07 Å². The maximum atomic E-state index is 13.4. The van der Waals surface area contributed by atoms with E-state index in [0.717, 1.165) is 5.56 Å². The lowest BCUT2D eigenvalue weighted by Gasteiger charge is -2.20. The Balaban J connectivity index is 1.81. The molecule has 0 aliphatic heterocycles. The number of nitrogens with zero attached hydrogens (tertiary/aromatic N) is 5. The molecule has 0 radical (unpaired) electrons. The fourth-order valence-electron chi connectivity index (χ4n) is 3.68. The smallest absolute Gasteiger partial charge is 0.204 e. The lowest BCUT2D eigenvalue weighted by atomic mass is 10.2. The van der Waals surface area contributed by atoms with E-state index in [2.05, 4.69) is 20.2 Å². The van der Waals surface area contributed by atoms with Crippen LogP contribution in [-0.2, 0) is 15.6 Å². The molecule has 3 aromatic heterocycles. The summed E-state index contributed by atoms with van der Waals surface area (Å²) in [5.74, 6) is 1.71. The SMILES string of the molecule is COc1cccc(OC)c1-n1c(CS(=O)(=O)[C@H](C)[C@@H](O)c2ncc(C)cn2)nnc1-c1ccc(C)o1. The van der Waals surface area contributed by atoms with Crippen molar-refractivity contribution in [2.75, 3.05) is 14.2 Å². The molecule has 190 valence electrons. The summed E-state index contributed by atoms with van der Waals surface area (Å²) in [4.78, 5) is 8.14. The number of hydrogen-bond acceptors (Lipinski definition) is 10. The van der Waals surface area contributed by atoms with E-state index in [1.807, 2.05) is 0 Å². The van der Waals surface area contributed by atoms with Crippen LogP contribution < -0.4 is 9.47 Å². The van der Waals surface area contributed by atoms with Gasteiger partial charge in [0.15, 0.2) is 27.2 Å². The fourth-order valence-corrected chi connectivity index (χ4v) is 5.01. The number of benzene rings is 1. The van der Waals surface area contributed by atoms with Crippen molar-refractivity contribution in [2.45, 2.75) is 37.9 Å². The van der Waals surface area contributed by atoms with E-state index in [9.17, 15) is 13.5 Å². The van der Waals surface area contributed by atoms with Crippen molar-refractivity contribution in [1.82, 2.24) is 24.7 Å². The van der Waals surface area contributed by atoms with Crippen molar-refractivity contribution in [3.63, 3.8) is 0 Å². The maximum absolute atomic E-state index is 13.4. The van der Waals surface area contributed by atoms with E-state index in [0.29, 0.717) is 28.7 Å². The van der Waals surface area contributed by atoms with E-state index in [-0.39, 0.29) is 17.5 Å². The van der Waals surface area contributed by atoms with Crippen LogP contribution >= 0.6 is 0 Å². The molecule has 0 saturated carbocycles. The Kier molecular flexibility index (Phi) is 7.09. The number of aromatic nitrogens is 5. The number of rotatable bonds is 9. The number of hydrogen-bond donors (Lipinski definition) is 1.